The van der Waals surface area contributed by atoms with E-state index in [9.17, 15) is 12.8 Å². The summed E-state index contributed by atoms with van der Waals surface area (Å²) < 4.78 is 40.5. The third kappa shape index (κ3) is 3.98. The van der Waals surface area contributed by atoms with Gasteiger partial charge in [0.25, 0.3) is 0 Å². The van der Waals surface area contributed by atoms with E-state index in [4.69, 9.17) is 0 Å². The van der Waals surface area contributed by atoms with Crippen molar-refractivity contribution in [1.82, 2.24) is 14.9 Å². The molecule has 1 aliphatic rings. The van der Waals surface area contributed by atoms with Crippen LogP contribution in [0.25, 0.3) is 0 Å². The predicted octanol–water partition coefficient (Wildman–Crippen LogP) is 0.772. The van der Waals surface area contributed by atoms with E-state index in [0.29, 0.717) is 6.54 Å². The zero-order chi connectivity index (χ0) is 14.6. The molecule has 20 heavy (non-hydrogen) atoms. The van der Waals surface area contributed by atoms with Crippen LogP contribution < -0.4 is 10.0 Å². The lowest BCUT2D eigenvalue weighted by molar-refractivity contribution is 0.245. The maximum absolute atomic E-state index is 13.8. The van der Waals surface area contributed by atoms with E-state index >= 15 is 0 Å². The molecule has 1 saturated heterocycles. The second-order valence-corrected chi connectivity index (χ2v) is 7.13. The fourth-order valence-corrected chi connectivity index (χ4v) is 3.66. The number of benzene rings is 1. The van der Waals surface area contributed by atoms with Gasteiger partial charge in [-0.1, -0.05) is 6.07 Å². The van der Waals surface area contributed by atoms with Crippen molar-refractivity contribution in [3.05, 3.63) is 28.5 Å². The second-order valence-electron chi connectivity index (χ2n) is 4.54. The van der Waals surface area contributed by atoms with E-state index in [0.717, 1.165) is 26.2 Å². The molecule has 1 aromatic rings. The third-order valence-corrected chi connectivity index (χ3v) is 5.23. The van der Waals surface area contributed by atoms with Crippen LogP contribution in [-0.4, -0.2) is 52.6 Å². The summed E-state index contributed by atoms with van der Waals surface area (Å²) in [6.07, 6.45) is 0. The number of rotatable bonds is 5. The maximum Gasteiger partial charge on any atom is 0.243 e. The lowest BCUT2D eigenvalue weighted by Crippen LogP contribution is -2.46. The molecule has 0 atom stereocenters. The normalized spacial score (nSPS) is 17.3. The highest BCUT2D eigenvalue weighted by atomic mass is 79.9. The van der Waals surface area contributed by atoms with E-state index in [2.05, 4.69) is 30.9 Å². The lowest BCUT2D eigenvalue weighted by Gasteiger charge is -2.27. The van der Waals surface area contributed by atoms with Crippen molar-refractivity contribution < 1.29 is 12.8 Å². The van der Waals surface area contributed by atoms with Crippen LogP contribution in [0.3, 0.4) is 0 Å². The summed E-state index contributed by atoms with van der Waals surface area (Å²) in [6, 6.07) is 4.22. The van der Waals surface area contributed by atoms with Gasteiger partial charge in [0.1, 0.15) is 4.90 Å². The fourth-order valence-electron chi connectivity index (χ4n) is 2.04. The molecule has 0 radical (unpaired) electrons. The summed E-state index contributed by atoms with van der Waals surface area (Å²) in [5, 5.41) is 3.23. The molecule has 1 aromatic carbocycles. The summed E-state index contributed by atoms with van der Waals surface area (Å²) in [7, 11) is -3.81. The first-order chi connectivity index (χ1) is 9.50. The molecule has 5 nitrogen and oxygen atoms in total. The molecule has 1 aliphatic heterocycles. The minimum atomic E-state index is -3.81. The predicted molar refractivity (Wildman–Crippen MR) is 78.6 cm³/mol. The average Bonchev–Trinajstić information content (AvgIpc) is 2.42. The van der Waals surface area contributed by atoms with Gasteiger partial charge in [0, 0.05) is 39.3 Å². The van der Waals surface area contributed by atoms with E-state index in [-0.39, 0.29) is 15.9 Å². The van der Waals surface area contributed by atoms with Gasteiger partial charge in [-0.05, 0) is 28.1 Å². The second kappa shape index (κ2) is 6.95. The standard InChI is InChI=1S/C12H17BrFN3O2S/c13-10-2-1-3-11(12(10)14)20(18,19)16-6-9-17-7-4-15-5-8-17/h1-3,15-16H,4-9H2. The molecule has 0 amide bonds. The minimum absolute atomic E-state index is 0.141. The number of nitrogens with one attached hydrogen (secondary N) is 2. The Kier molecular flexibility index (Phi) is 5.50. The largest absolute Gasteiger partial charge is 0.314 e. The molecule has 0 bridgehead atoms. The Morgan fingerprint density at radius 3 is 2.75 bits per heavy atom. The highest BCUT2D eigenvalue weighted by molar-refractivity contribution is 9.10. The monoisotopic (exact) mass is 365 g/mol. The van der Waals surface area contributed by atoms with Gasteiger partial charge in [-0.2, -0.15) is 0 Å². The third-order valence-electron chi connectivity index (χ3n) is 3.14. The number of sulfonamides is 1. The van der Waals surface area contributed by atoms with Gasteiger partial charge in [-0.25, -0.2) is 17.5 Å². The average molecular weight is 366 g/mol. The number of nitrogens with zero attached hydrogens (tertiary/aromatic N) is 1. The summed E-state index contributed by atoms with van der Waals surface area (Å²) in [5.74, 6) is -0.762. The molecule has 2 N–H and O–H groups in total. The first kappa shape index (κ1) is 15.8. The van der Waals surface area contributed by atoms with Crippen LogP contribution in [0.4, 0.5) is 4.39 Å². The van der Waals surface area contributed by atoms with Gasteiger partial charge in [0.15, 0.2) is 5.82 Å². The zero-order valence-corrected chi connectivity index (χ0v) is 13.3. The highest BCUT2D eigenvalue weighted by Gasteiger charge is 2.20. The minimum Gasteiger partial charge on any atom is -0.314 e. The van der Waals surface area contributed by atoms with Gasteiger partial charge in [-0.15, -0.1) is 0 Å². The smallest absolute Gasteiger partial charge is 0.243 e. The zero-order valence-electron chi connectivity index (χ0n) is 10.9. The molecule has 2 rings (SSSR count). The highest BCUT2D eigenvalue weighted by Crippen LogP contribution is 2.21. The summed E-state index contributed by atoms with van der Waals surface area (Å²) in [4.78, 5) is 1.84. The van der Waals surface area contributed by atoms with E-state index < -0.39 is 15.8 Å². The number of halogens is 2. The summed E-state index contributed by atoms with van der Waals surface area (Å²) in [6.45, 7) is 4.50. The first-order valence-electron chi connectivity index (χ1n) is 6.37. The fraction of sp³-hybridized carbons (Fsp3) is 0.500. The number of hydrogen-bond acceptors (Lipinski definition) is 4. The van der Waals surface area contributed by atoms with Crippen molar-refractivity contribution >= 4 is 26.0 Å². The van der Waals surface area contributed by atoms with Crippen LogP contribution in [-0.2, 0) is 10.0 Å². The molecule has 0 unspecified atom stereocenters. The van der Waals surface area contributed by atoms with E-state index in [1.54, 1.807) is 0 Å². The molecule has 0 saturated carbocycles. The van der Waals surface area contributed by atoms with Crippen LogP contribution >= 0.6 is 15.9 Å². The van der Waals surface area contributed by atoms with Gasteiger partial charge in [-0.3, -0.25) is 4.90 Å². The van der Waals surface area contributed by atoms with Crippen LogP contribution in [0, 0.1) is 5.82 Å². The molecule has 1 heterocycles. The van der Waals surface area contributed by atoms with E-state index in [1.807, 2.05) is 0 Å². The maximum atomic E-state index is 13.8. The molecular formula is C12H17BrFN3O2S. The van der Waals surface area contributed by atoms with Crippen molar-refractivity contribution in [2.75, 3.05) is 39.3 Å². The molecule has 112 valence electrons. The number of piperazine rings is 1. The van der Waals surface area contributed by atoms with Crippen LogP contribution in [0.5, 0.6) is 0 Å². The molecular weight excluding hydrogens is 349 g/mol. The van der Waals surface area contributed by atoms with Gasteiger partial charge in [0.05, 0.1) is 4.47 Å². The lowest BCUT2D eigenvalue weighted by atomic mass is 10.3. The molecule has 0 aliphatic carbocycles. The van der Waals surface area contributed by atoms with Gasteiger partial charge < -0.3 is 5.32 Å². The Bertz CT molecular complexity index is 562. The van der Waals surface area contributed by atoms with Gasteiger partial charge in [0.2, 0.25) is 10.0 Å². The van der Waals surface area contributed by atoms with Crippen molar-refractivity contribution in [2.45, 2.75) is 4.90 Å². The van der Waals surface area contributed by atoms with Crippen molar-refractivity contribution in [3.63, 3.8) is 0 Å². The molecule has 0 aromatic heterocycles. The van der Waals surface area contributed by atoms with E-state index in [1.165, 1.54) is 18.2 Å². The SMILES string of the molecule is O=S(=O)(NCCN1CCNCC1)c1cccc(Br)c1F. The van der Waals surface area contributed by atoms with Crippen molar-refractivity contribution in [3.8, 4) is 0 Å². The van der Waals surface area contributed by atoms with Crippen LogP contribution in [0.1, 0.15) is 0 Å². The summed E-state index contributed by atoms with van der Waals surface area (Å²) in [5.41, 5.74) is 0. The molecule has 1 fully saturated rings. The van der Waals surface area contributed by atoms with Crippen LogP contribution in [0.2, 0.25) is 0 Å². The Morgan fingerprint density at radius 2 is 2.05 bits per heavy atom. The van der Waals surface area contributed by atoms with Gasteiger partial charge >= 0.3 is 0 Å². The summed E-state index contributed by atoms with van der Waals surface area (Å²) >= 11 is 2.99. The van der Waals surface area contributed by atoms with Crippen molar-refractivity contribution in [2.24, 2.45) is 0 Å². The van der Waals surface area contributed by atoms with Crippen molar-refractivity contribution in [1.29, 1.82) is 0 Å². The Hall–Kier alpha value is -0.540. The van der Waals surface area contributed by atoms with Crippen LogP contribution in [0.15, 0.2) is 27.6 Å². The Balaban J connectivity index is 1.95. The topological polar surface area (TPSA) is 61.4 Å². The quantitative estimate of drug-likeness (QED) is 0.808. The Morgan fingerprint density at radius 1 is 1.35 bits per heavy atom. The first-order valence-corrected chi connectivity index (χ1v) is 8.65. The Labute approximate surface area is 126 Å². The number of hydrogen-bond donors (Lipinski definition) is 2. The molecule has 8 heteroatoms. The molecule has 0 spiro atoms.